The van der Waals surface area contributed by atoms with Gasteiger partial charge >= 0.3 is 0 Å². The summed E-state index contributed by atoms with van der Waals surface area (Å²) in [5, 5.41) is 10.7. The van der Waals surface area contributed by atoms with E-state index in [2.05, 4.69) is 25.4 Å². The number of amides is 1. The van der Waals surface area contributed by atoms with Gasteiger partial charge in [0.1, 0.15) is 11.0 Å². The molecule has 4 aromatic rings. The second kappa shape index (κ2) is 5.91. The molecule has 8 nitrogen and oxygen atoms in total. The smallest absolute Gasteiger partial charge is 0.254 e. The third-order valence-corrected chi connectivity index (χ3v) is 4.95. The second-order valence-corrected chi connectivity index (χ2v) is 6.52. The average Bonchev–Trinajstić information content (AvgIpc) is 3.35. The fraction of sp³-hybridized carbons (Fsp3) is 0.278. The average molecular weight is 347 g/mol. The highest BCUT2D eigenvalue weighted by Crippen LogP contribution is 2.31. The van der Waals surface area contributed by atoms with Crippen molar-refractivity contribution in [3.8, 4) is 0 Å². The topological polar surface area (TPSA) is 92.1 Å². The van der Waals surface area contributed by atoms with Crippen LogP contribution in [-0.2, 0) is 0 Å². The fourth-order valence-electron chi connectivity index (χ4n) is 3.62. The minimum absolute atomic E-state index is 0.00427. The van der Waals surface area contributed by atoms with Crippen LogP contribution in [0.3, 0.4) is 0 Å². The Labute approximate surface area is 148 Å². The van der Waals surface area contributed by atoms with Crippen molar-refractivity contribution >= 4 is 22.7 Å². The molecule has 0 aliphatic carbocycles. The Morgan fingerprint density at radius 3 is 3.00 bits per heavy atom. The predicted octanol–water partition coefficient (Wildman–Crippen LogP) is 2.37. The van der Waals surface area contributed by atoms with Crippen LogP contribution in [-0.4, -0.2) is 47.1 Å². The van der Waals surface area contributed by atoms with Crippen molar-refractivity contribution < 1.29 is 4.79 Å². The Morgan fingerprint density at radius 1 is 1.12 bits per heavy atom. The molecule has 8 heteroatoms. The Bertz CT molecular complexity index is 1100. The third kappa shape index (κ3) is 2.42. The normalized spacial score (nSPS) is 17.8. The maximum Gasteiger partial charge on any atom is 0.254 e. The fourth-order valence-corrected chi connectivity index (χ4v) is 3.62. The molecule has 1 aliphatic heterocycles. The maximum absolute atomic E-state index is 13.2. The van der Waals surface area contributed by atoms with Gasteiger partial charge in [0.15, 0.2) is 0 Å². The highest BCUT2D eigenvalue weighted by atomic mass is 16.2. The third-order valence-electron chi connectivity index (χ3n) is 4.95. The summed E-state index contributed by atoms with van der Waals surface area (Å²) in [6, 6.07) is 7.36. The van der Waals surface area contributed by atoms with Gasteiger partial charge < -0.3 is 4.90 Å². The van der Waals surface area contributed by atoms with E-state index in [0.717, 1.165) is 37.0 Å². The van der Waals surface area contributed by atoms with Gasteiger partial charge in [-0.2, -0.15) is 15.4 Å². The zero-order valence-electron chi connectivity index (χ0n) is 14.0. The van der Waals surface area contributed by atoms with E-state index in [-0.39, 0.29) is 11.9 Å². The van der Waals surface area contributed by atoms with Gasteiger partial charge in [0.25, 0.3) is 5.91 Å². The Kier molecular flexibility index (Phi) is 3.41. The van der Waals surface area contributed by atoms with Crippen molar-refractivity contribution in [1.82, 2.24) is 34.7 Å². The summed E-state index contributed by atoms with van der Waals surface area (Å²) in [4.78, 5) is 24.0. The summed E-state index contributed by atoms with van der Waals surface area (Å²) >= 11 is 0. The van der Waals surface area contributed by atoms with Crippen LogP contribution >= 0.6 is 0 Å². The summed E-state index contributed by atoms with van der Waals surface area (Å²) in [7, 11) is 0. The van der Waals surface area contributed by atoms with Crippen LogP contribution in [0.4, 0.5) is 0 Å². The molecule has 0 bridgehead atoms. The zero-order valence-corrected chi connectivity index (χ0v) is 14.0. The quantitative estimate of drug-likeness (QED) is 0.601. The highest BCUT2D eigenvalue weighted by molar-refractivity contribution is 5.97. The molecule has 1 atom stereocenters. The van der Waals surface area contributed by atoms with Gasteiger partial charge in [0, 0.05) is 30.7 Å². The number of piperidine rings is 1. The molecule has 130 valence electrons. The maximum atomic E-state index is 13.2. The van der Waals surface area contributed by atoms with Crippen LogP contribution < -0.4 is 0 Å². The lowest BCUT2D eigenvalue weighted by atomic mass is 9.98. The van der Waals surface area contributed by atoms with Crippen molar-refractivity contribution in [2.45, 2.75) is 25.3 Å². The van der Waals surface area contributed by atoms with E-state index >= 15 is 0 Å². The molecule has 1 fully saturated rings. The SMILES string of the molecule is O=C(c1ccc2n[nH]nc2c1)N1CCCCC1c1ccn2ccnc2n1. The Hall–Kier alpha value is -3.29. The molecular weight excluding hydrogens is 330 g/mol. The number of carbonyl (C=O) groups excluding carboxylic acids is 1. The van der Waals surface area contributed by atoms with Gasteiger partial charge in [-0.3, -0.25) is 9.20 Å². The second-order valence-electron chi connectivity index (χ2n) is 6.52. The number of rotatable bonds is 2. The van der Waals surface area contributed by atoms with Gasteiger partial charge in [-0.1, -0.05) is 0 Å². The summed E-state index contributed by atoms with van der Waals surface area (Å²) in [5.74, 6) is 0.661. The molecule has 0 spiro atoms. The number of hydrogen-bond acceptors (Lipinski definition) is 5. The molecule has 26 heavy (non-hydrogen) atoms. The molecule has 3 aromatic heterocycles. The van der Waals surface area contributed by atoms with Crippen LogP contribution in [0.15, 0.2) is 42.9 Å². The number of benzene rings is 1. The predicted molar refractivity (Wildman–Crippen MR) is 94.5 cm³/mol. The number of aromatic amines is 1. The van der Waals surface area contributed by atoms with E-state index in [1.54, 1.807) is 12.3 Å². The highest BCUT2D eigenvalue weighted by Gasteiger charge is 2.30. The number of H-pyrrole nitrogens is 1. The van der Waals surface area contributed by atoms with Gasteiger partial charge in [0.2, 0.25) is 5.78 Å². The lowest BCUT2D eigenvalue weighted by Crippen LogP contribution is -2.39. The minimum Gasteiger partial charge on any atom is -0.330 e. The van der Waals surface area contributed by atoms with Crippen molar-refractivity contribution in [3.63, 3.8) is 0 Å². The molecular formula is C18H17N7O. The molecule has 0 radical (unpaired) electrons. The molecule has 0 saturated carbocycles. The van der Waals surface area contributed by atoms with Crippen molar-refractivity contribution in [2.75, 3.05) is 6.54 Å². The minimum atomic E-state index is -0.0362. The summed E-state index contributed by atoms with van der Waals surface area (Å²) < 4.78 is 1.87. The summed E-state index contributed by atoms with van der Waals surface area (Å²) in [6.07, 6.45) is 8.52. The molecule has 1 aromatic carbocycles. The number of carbonyl (C=O) groups is 1. The van der Waals surface area contributed by atoms with Gasteiger partial charge in [-0.05, 0) is 43.5 Å². The van der Waals surface area contributed by atoms with E-state index in [0.29, 0.717) is 16.9 Å². The van der Waals surface area contributed by atoms with E-state index in [1.165, 1.54) is 0 Å². The van der Waals surface area contributed by atoms with E-state index < -0.39 is 0 Å². The molecule has 4 heterocycles. The van der Waals surface area contributed by atoms with Crippen LogP contribution in [0.25, 0.3) is 16.8 Å². The van der Waals surface area contributed by atoms with Crippen LogP contribution in [0.2, 0.25) is 0 Å². The van der Waals surface area contributed by atoms with Crippen molar-refractivity contribution in [1.29, 1.82) is 0 Å². The molecule has 5 rings (SSSR count). The van der Waals surface area contributed by atoms with Gasteiger partial charge in [-0.25, -0.2) is 9.97 Å². The van der Waals surface area contributed by atoms with Gasteiger partial charge in [-0.15, -0.1) is 0 Å². The van der Waals surface area contributed by atoms with Crippen LogP contribution in [0.1, 0.15) is 41.4 Å². The lowest BCUT2D eigenvalue weighted by molar-refractivity contribution is 0.0606. The number of nitrogens with one attached hydrogen (secondary N) is 1. The molecule has 1 unspecified atom stereocenters. The first kappa shape index (κ1) is 15.0. The lowest BCUT2D eigenvalue weighted by Gasteiger charge is -2.35. The molecule has 1 aliphatic rings. The number of aromatic nitrogens is 6. The summed E-state index contributed by atoms with van der Waals surface area (Å²) in [6.45, 7) is 0.724. The number of hydrogen-bond donors (Lipinski definition) is 1. The van der Waals surface area contributed by atoms with E-state index in [4.69, 9.17) is 0 Å². The van der Waals surface area contributed by atoms with E-state index in [9.17, 15) is 4.79 Å². The largest absolute Gasteiger partial charge is 0.330 e. The van der Waals surface area contributed by atoms with Crippen LogP contribution in [0.5, 0.6) is 0 Å². The molecule has 1 N–H and O–H groups in total. The zero-order chi connectivity index (χ0) is 17.5. The Morgan fingerprint density at radius 2 is 2.04 bits per heavy atom. The standard InChI is InChI=1S/C18H17N7O/c26-17(12-4-5-13-15(11-12)22-23-21-13)25-8-2-1-3-16(25)14-6-9-24-10-7-19-18(24)20-14/h4-7,9-11,16H,1-3,8H2,(H,21,22,23). The van der Waals surface area contributed by atoms with E-state index in [1.807, 2.05) is 39.9 Å². The number of nitrogens with zero attached hydrogens (tertiary/aromatic N) is 6. The number of fused-ring (bicyclic) bond motifs is 2. The first-order valence-electron chi connectivity index (χ1n) is 8.71. The van der Waals surface area contributed by atoms with Gasteiger partial charge in [0.05, 0.1) is 11.7 Å². The number of likely N-dealkylation sites (tertiary alicyclic amines) is 1. The van der Waals surface area contributed by atoms with Crippen molar-refractivity contribution in [2.24, 2.45) is 0 Å². The Balaban J connectivity index is 1.51. The molecule has 1 amide bonds. The van der Waals surface area contributed by atoms with Crippen LogP contribution in [0, 0.1) is 0 Å². The molecule has 1 saturated heterocycles. The monoisotopic (exact) mass is 347 g/mol. The first-order chi connectivity index (χ1) is 12.8. The van der Waals surface area contributed by atoms with Crippen molar-refractivity contribution in [3.05, 3.63) is 54.1 Å². The summed E-state index contributed by atoms with van der Waals surface area (Å²) in [5.41, 5.74) is 2.96. The number of imidazole rings is 1. The first-order valence-corrected chi connectivity index (χ1v) is 8.71.